The van der Waals surface area contributed by atoms with Crippen LogP contribution in [-0.2, 0) is 9.59 Å². The number of phenolic OH excluding ortho intramolecular Hbond substituents is 1. The van der Waals surface area contributed by atoms with Crippen LogP contribution in [0.4, 0.5) is 0 Å². The molecule has 3 aliphatic rings. The minimum atomic E-state index is -0.854. The molecular weight excluding hydrogens is 496 g/mol. The molecular formula is C32H36O7. The van der Waals surface area contributed by atoms with Crippen molar-refractivity contribution >= 4 is 11.6 Å². The first-order valence-corrected chi connectivity index (χ1v) is 13.4. The molecule has 3 N–H and O–H groups in total. The first-order valence-electron chi connectivity index (χ1n) is 13.4. The lowest BCUT2D eigenvalue weighted by Crippen LogP contribution is -2.35. The summed E-state index contributed by atoms with van der Waals surface area (Å²) in [4.78, 5) is 27.2. The molecule has 0 fully saturated rings. The summed E-state index contributed by atoms with van der Waals surface area (Å²) in [6.07, 6.45) is 1.21. The number of aromatic hydroxyl groups is 1. The molecule has 0 radical (unpaired) electrons. The van der Waals surface area contributed by atoms with E-state index in [-0.39, 0.29) is 66.0 Å². The normalized spacial score (nSPS) is 21.1. The van der Waals surface area contributed by atoms with Crippen molar-refractivity contribution in [1.29, 1.82) is 0 Å². The van der Waals surface area contributed by atoms with Crippen molar-refractivity contribution in [3.8, 4) is 17.2 Å². The van der Waals surface area contributed by atoms with Gasteiger partial charge in [-0.3, -0.25) is 9.59 Å². The van der Waals surface area contributed by atoms with E-state index in [4.69, 9.17) is 9.47 Å². The van der Waals surface area contributed by atoms with E-state index in [1.54, 1.807) is 6.07 Å². The zero-order chi connectivity index (χ0) is 28.1. The highest BCUT2D eigenvalue weighted by Gasteiger charge is 2.44. The van der Waals surface area contributed by atoms with E-state index in [1.165, 1.54) is 6.07 Å². The molecule has 0 saturated carbocycles. The number of fused-ring (bicyclic) bond motifs is 1. The van der Waals surface area contributed by atoms with Gasteiger partial charge < -0.3 is 24.8 Å². The highest BCUT2D eigenvalue weighted by Crippen LogP contribution is 2.50. The number of carbonyl (C=O) groups excluding carboxylic acids is 2. The van der Waals surface area contributed by atoms with Gasteiger partial charge in [0.25, 0.3) is 0 Å². The number of hydrogen-bond acceptors (Lipinski definition) is 7. The van der Waals surface area contributed by atoms with Gasteiger partial charge in [0, 0.05) is 60.3 Å². The third-order valence-corrected chi connectivity index (χ3v) is 8.06. The number of ether oxygens (including phenoxy) is 2. The molecule has 1 heterocycles. The van der Waals surface area contributed by atoms with Gasteiger partial charge in [0.15, 0.2) is 23.1 Å². The van der Waals surface area contributed by atoms with Crippen LogP contribution in [0.3, 0.4) is 0 Å². The zero-order valence-electron chi connectivity index (χ0n) is 22.9. The van der Waals surface area contributed by atoms with E-state index in [2.05, 4.69) is 0 Å². The molecule has 0 amide bonds. The first kappa shape index (κ1) is 26.9. The maximum Gasteiger partial charge on any atom is 0.231 e. The van der Waals surface area contributed by atoms with Crippen LogP contribution < -0.4 is 9.47 Å². The van der Waals surface area contributed by atoms with Gasteiger partial charge in [-0.2, -0.15) is 0 Å². The monoisotopic (exact) mass is 532 g/mol. The fourth-order valence-corrected chi connectivity index (χ4v) is 6.36. The van der Waals surface area contributed by atoms with Crippen LogP contribution in [0.1, 0.15) is 76.8 Å². The van der Waals surface area contributed by atoms with Gasteiger partial charge in [-0.05, 0) is 28.9 Å². The summed E-state index contributed by atoms with van der Waals surface area (Å²) < 4.78 is 11.0. The fourth-order valence-electron chi connectivity index (χ4n) is 6.36. The van der Waals surface area contributed by atoms with Gasteiger partial charge in [0.2, 0.25) is 6.79 Å². The number of phenols is 1. The van der Waals surface area contributed by atoms with Crippen LogP contribution in [0.25, 0.3) is 0 Å². The second kappa shape index (κ2) is 9.78. The molecule has 0 bridgehead atoms. The van der Waals surface area contributed by atoms with E-state index in [0.717, 1.165) is 5.56 Å². The van der Waals surface area contributed by atoms with E-state index in [0.29, 0.717) is 29.9 Å². The first-order chi connectivity index (χ1) is 18.3. The molecule has 206 valence electrons. The van der Waals surface area contributed by atoms with Gasteiger partial charge >= 0.3 is 0 Å². The topological polar surface area (TPSA) is 113 Å². The molecule has 7 heteroatoms. The number of aliphatic hydroxyl groups is 2. The van der Waals surface area contributed by atoms with E-state index in [1.807, 2.05) is 58.0 Å². The standard InChI is InChI=1S/C32H36O7/c1-31(2)13-23(34)29(24(35)14-31)21(30-25(36)15-32(3,4)16-26(30)37)10-19(18-8-6-5-7-9-18)20-11-27-28(12-22(20)33)39-17-38-27/h5-9,11-12,19,21,33-34,36H,10,13-17H2,1-4H3. The lowest BCUT2D eigenvalue weighted by atomic mass is 9.66. The molecule has 2 aliphatic carbocycles. The van der Waals surface area contributed by atoms with Crippen molar-refractivity contribution in [3.63, 3.8) is 0 Å². The molecule has 0 spiro atoms. The van der Waals surface area contributed by atoms with Crippen molar-refractivity contribution in [2.45, 2.75) is 65.7 Å². The largest absolute Gasteiger partial charge is 0.512 e. The quantitative estimate of drug-likeness (QED) is 0.381. The van der Waals surface area contributed by atoms with Gasteiger partial charge in [0.1, 0.15) is 17.3 Å². The summed E-state index contributed by atoms with van der Waals surface area (Å²) in [7, 11) is 0. The summed E-state index contributed by atoms with van der Waals surface area (Å²) in [6.45, 7) is 7.75. The van der Waals surface area contributed by atoms with Crippen LogP contribution in [0.5, 0.6) is 17.2 Å². The second-order valence-corrected chi connectivity index (χ2v) is 12.6. The van der Waals surface area contributed by atoms with Crippen molar-refractivity contribution in [3.05, 3.63) is 76.3 Å². The Kier molecular flexibility index (Phi) is 6.73. The van der Waals surface area contributed by atoms with Gasteiger partial charge in [-0.15, -0.1) is 0 Å². The van der Waals surface area contributed by atoms with E-state index < -0.39 is 22.7 Å². The Morgan fingerprint density at radius 1 is 0.744 bits per heavy atom. The third kappa shape index (κ3) is 5.27. The fraction of sp³-hybridized carbons (Fsp3) is 0.438. The molecule has 5 rings (SSSR count). The zero-order valence-corrected chi connectivity index (χ0v) is 22.9. The minimum absolute atomic E-state index is 0.00420. The summed E-state index contributed by atoms with van der Waals surface area (Å²) in [6, 6.07) is 12.7. The Morgan fingerprint density at radius 3 is 1.77 bits per heavy atom. The predicted molar refractivity (Wildman–Crippen MR) is 146 cm³/mol. The van der Waals surface area contributed by atoms with Crippen LogP contribution >= 0.6 is 0 Å². The van der Waals surface area contributed by atoms with Crippen LogP contribution in [-0.4, -0.2) is 33.7 Å². The van der Waals surface area contributed by atoms with Crippen molar-refractivity contribution < 1.29 is 34.4 Å². The second-order valence-electron chi connectivity index (χ2n) is 12.6. The number of hydrogen-bond donors (Lipinski definition) is 3. The molecule has 2 aromatic carbocycles. The molecule has 39 heavy (non-hydrogen) atoms. The maximum atomic E-state index is 13.6. The maximum absolute atomic E-state index is 13.6. The van der Waals surface area contributed by atoms with Crippen LogP contribution in [0.15, 0.2) is 65.1 Å². The summed E-state index contributed by atoms with van der Waals surface area (Å²) >= 11 is 0. The summed E-state index contributed by atoms with van der Waals surface area (Å²) in [5, 5.41) is 33.6. The lowest BCUT2D eigenvalue weighted by molar-refractivity contribution is -0.119. The average Bonchev–Trinajstić information content (AvgIpc) is 3.27. The Labute approximate surface area is 228 Å². The molecule has 0 aromatic heterocycles. The number of ketones is 2. The van der Waals surface area contributed by atoms with Crippen molar-refractivity contribution in [2.75, 3.05) is 6.79 Å². The SMILES string of the molecule is CC1(C)CC(=O)C(C(CC(c2ccccc2)c2cc3c(cc2O)OCO3)C2=C(O)CC(C)(C)CC2=O)=C(O)C1. The number of benzene rings is 2. The molecule has 1 atom stereocenters. The average molecular weight is 533 g/mol. The predicted octanol–water partition coefficient (Wildman–Crippen LogP) is 6.66. The Morgan fingerprint density at radius 2 is 1.26 bits per heavy atom. The highest BCUT2D eigenvalue weighted by atomic mass is 16.7. The van der Waals surface area contributed by atoms with Crippen LogP contribution in [0, 0.1) is 16.7 Å². The van der Waals surface area contributed by atoms with Gasteiger partial charge in [-0.1, -0.05) is 58.0 Å². The van der Waals surface area contributed by atoms with E-state index in [9.17, 15) is 24.9 Å². The number of aliphatic hydroxyl groups excluding tert-OH is 2. The lowest BCUT2D eigenvalue weighted by Gasteiger charge is -2.37. The molecule has 2 aromatic rings. The summed E-state index contributed by atoms with van der Waals surface area (Å²) in [5.74, 6) is -0.951. The molecule has 0 saturated heterocycles. The highest BCUT2D eigenvalue weighted by molar-refractivity contribution is 6.03. The van der Waals surface area contributed by atoms with Crippen molar-refractivity contribution in [1.82, 2.24) is 0 Å². The van der Waals surface area contributed by atoms with Crippen molar-refractivity contribution in [2.24, 2.45) is 16.7 Å². The Balaban J connectivity index is 1.69. The summed E-state index contributed by atoms with van der Waals surface area (Å²) in [5.41, 5.74) is 0.930. The van der Waals surface area contributed by atoms with Gasteiger partial charge in [0.05, 0.1) is 0 Å². The number of allylic oxidation sites excluding steroid dienone is 4. The smallest absolute Gasteiger partial charge is 0.231 e. The van der Waals surface area contributed by atoms with Gasteiger partial charge in [-0.25, -0.2) is 0 Å². The molecule has 7 nitrogen and oxygen atoms in total. The van der Waals surface area contributed by atoms with E-state index >= 15 is 0 Å². The third-order valence-electron chi connectivity index (χ3n) is 8.06. The Bertz CT molecular complexity index is 1330. The molecule has 1 unspecified atom stereocenters. The Hall–Kier alpha value is -3.74. The number of rotatable bonds is 6. The number of Topliss-reactive ketones (excluding diaryl/α,β-unsaturated/α-hetero) is 2. The van der Waals surface area contributed by atoms with Crippen LogP contribution in [0.2, 0.25) is 0 Å². The molecule has 1 aliphatic heterocycles. The minimum Gasteiger partial charge on any atom is -0.512 e. The number of carbonyl (C=O) groups is 2.